The molecule has 0 bridgehead atoms. The fourth-order valence-corrected chi connectivity index (χ4v) is 2.60. The Bertz CT molecular complexity index is 555. The Morgan fingerprint density at radius 1 is 0.824 bits per heavy atom. The van der Waals surface area contributed by atoms with Crippen LogP contribution >= 0.6 is 0 Å². The van der Waals surface area contributed by atoms with E-state index in [-0.39, 0.29) is 0 Å². The highest BCUT2D eigenvalue weighted by atomic mass is 15.1. The Hall–Kier alpha value is -1.76. The van der Waals surface area contributed by atoms with E-state index in [2.05, 4.69) is 61.5 Å². The molecule has 0 atom stereocenters. The molecule has 0 fully saturated rings. The van der Waals surface area contributed by atoms with E-state index >= 15 is 0 Å². The van der Waals surface area contributed by atoms with Gasteiger partial charge < -0.3 is 4.90 Å². The Balaban J connectivity index is 2.15. The van der Waals surface area contributed by atoms with Gasteiger partial charge in [0.25, 0.3) is 0 Å². The zero-order chi connectivity index (χ0) is 11.8. The van der Waals surface area contributed by atoms with Crippen LogP contribution in [0.25, 0.3) is 11.1 Å². The summed E-state index contributed by atoms with van der Waals surface area (Å²) in [5, 5.41) is 0. The van der Waals surface area contributed by atoms with E-state index in [1.54, 1.807) is 0 Å². The molecule has 0 spiro atoms. The molecule has 0 N–H and O–H groups in total. The molecule has 0 radical (unpaired) electrons. The van der Waals surface area contributed by atoms with E-state index < -0.39 is 0 Å². The molecule has 2 aromatic rings. The molecular weight excluding hydrogens is 206 g/mol. The van der Waals surface area contributed by atoms with Crippen LogP contribution in [-0.2, 0) is 12.8 Å². The van der Waals surface area contributed by atoms with Crippen LogP contribution in [-0.4, -0.2) is 14.1 Å². The minimum atomic E-state index is 1.16. The first kappa shape index (κ1) is 10.4. The van der Waals surface area contributed by atoms with Gasteiger partial charge in [-0.15, -0.1) is 0 Å². The zero-order valence-electron chi connectivity index (χ0n) is 10.4. The molecule has 0 unspecified atom stereocenters. The van der Waals surface area contributed by atoms with Gasteiger partial charge in [-0.05, 0) is 47.2 Å². The molecule has 2 aromatic carbocycles. The van der Waals surface area contributed by atoms with Crippen LogP contribution in [0.5, 0.6) is 0 Å². The summed E-state index contributed by atoms with van der Waals surface area (Å²) in [7, 11) is 4.19. The number of nitrogens with zero attached hydrogens (tertiary/aromatic N) is 1. The van der Waals surface area contributed by atoms with E-state index in [0.717, 1.165) is 6.42 Å². The predicted octanol–water partition coefficient (Wildman–Crippen LogP) is 3.52. The number of hydrogen-bond donors (Lipinski definition) is 0. The molecular formula is C16H17N. The fourth-order valence-electron chi connectivity index (χ4n) is 2.60. The second-order valence-corrected chi connectivity index (χ2v) is 4.89. The maximum absolute atomic E-state index is 2.32. The van der Waals surface area contributed by atoms with E-state index in [9.17, 15) is 0 Å². The fraction of sp³-hybridized carbons (Fsp3) is 0.250. The van der Waals surface area contributed by atoms with Gasteiger partial charge in [-0.25, -0.2) is 0 Å². The third kappa shape index (κ3) is 1.72. The van der Waals surface area contributed by atoms with E-state index in [4.69, 9.17) is 0 Å². The van der Waals surface area contributed by atoms with Crippen molar-refractivity contribution in [3.8, 4) is 11.1 Å². The SMILES string of the molecule is CN(C)c1ccc2c(c1)CCc1ccccc1-2. The summed E-state index contributed by atoms with van der Waals surface area (Å²) >= 11 is 0. The number of fused-ring (bicyclic) bond motifs is 3. The minimum Gasteiger partial charge on any atom is -0.378 e. The summed E-state index contributed by atoms with van der Waals surface area (Å²) in [6.45, 7) is 0. The molecule has 86 valence electrons. The molecule has 3 rings (SSSR count). The molecule has 1 nitrogen and oxygen atoms in total. The monoisotopic (exact) mass is 223 g/mol. The van der Waals surface area contributed by atoms with Crippen molar-refractivity contribution in [2.45, 2.75) is 12.8 Å². The zero-order valence-corrected chi connectivity index (χ0v) is 10.4. The minimum absolute atomic E-state index is 1.16. The summed E-state index contributed by atoms with van der Waals surface area (Å²) in [5.74, 6) is 0. The van der Waals surface area contributed by atoms with Crippen molar-refractivity contribution < 1.29 is 0 Å². The molecule has 1 aliphatic carbocycles. The molecule has 0 aromatic heterocycles. The average Bonchev–Trinajstić information content (AvgIpc) is 2.38. The summed E-state index contributed by atoms with van der Waals surface area (Å²) in [5.41, 5.74) is 7.09. The second-order valence-electron chi connectivity index (χ2n) is 4.89. The van der Waals surface area contributed by atoms with E-state index in [1.807, 2.05) is 0 Å². The summed E-state index contributed by atoms with van der Waals surface area (Å²) in [6.07, 6.45) is 2.33. The topological polar surface area (TPSA) is 3.24 Å². The quantitative estimate of drug-likeness (QED) is 0.715. The molecule has 0 heterocycles. The van der Waals surface area contributed by atoms with Gasteiger partial charge in [-0.1, -0.05) is 30.3 Å². The first-order valence-electron chi connectivity index (χ1n) is 6.14. The number of hydrogen-bond acceptors (Lipinski definition) is 1. The number of anilines is 1. The maximum atomic E-state index is 2.32. The first-order valence-corrected chi connectivity index (χ1v) is 6.14. The van der Waals surface area contributed by atoms with E-state index in [0.29, 0.717) is 0 Å². The van der Waals surface area contributed by atoms with Crippen molar-refractivity contribution in [2.75, 3.05) is 19.0 Å². The normalized spacial score (nSPS) is 12.8. The first-order chi connectivity index (χ1) is 8.25. The van der Waals surface area contributed by atoms with Gasteiger partial charge in [0.15, 0.2) is 0 Å². The van der Waals surface area contributed by atoms with Gasteiger partial charge in [0.05, 0.1) is 0 Å². The Kier molecular flexibility index (Phi) is 2.40. The standard InChI is InChI=1S/C16H17N/c1-17(2)14-9-10-16-13(11-14)8-7-12-5-3-4-6-15(12)16/h3-6,9-11H,7-8H2,1-2H3. The molecule has 1 aliphatic rings. The summed E-state index contributed by atoms with van der Waals surface area (Å²) in [4.78, 5) is 2.17. The van der Waals surface area contributed by atoms with Gasteiger partial charge in [-0.3, -0.25) is 0 Å². The molecule has 0 saturated carbocycles. The van der Waals surface area contributed by atoms with E-state index in [1.165, 1.54) is 34.4 Å². The number of benzene rings is 2. The average molecular weight is 223 g/mol. The molecule has 1 heteroatoms. The predicted molar refractivity (Wildman–Crippen MR) is 73.6 cm³/mol. The molecule has 0 saturated heterocycles. The van der Waals surface area contributed by atoms with Crippen LogP contribution in [0.15, 0.2) is 42.5 Å². The second kappa shape index (κ2) is 3.92. The number of aryl methyl sites for hydroxylation is 2. The van der Waals surface area contributed by atoms with Gasteiger partial charge in [0.1, 0.15) is 0 Å². The smallest absolute Gasteiger partial charge is 0.0364 e. The largest absolute Gasteiger partial charge is 0.378 e. The van der Waals surface area contributed by atoms with Crippen molar-refractivity contribution in [1.29, 1.82) is 0 Å². The Morgan fingerprint density at radius 3 is 2.35 bits per heavy atom. The summed E-state index contributed by atoms with van der Waals surface area (Å²) < 4.78 is 0. The third-order valence-electron chi connectivity index (χ3n) is 3.58. The molecule has 0 amide bonds. The van der Waals surface area contributed by atoms with Crippen LogP contribution in [0.4, 0.5) is 5.69 Å². The lowest BCUT2D eigenvalue weighted by molar-refractivity contribution is 0.939. The van der Waals surface area contributed by atoms with Crippen molar-refractivity contribution in [3.05, 3.63) is 53.6 Å². The highest BCUT2D eigenvalue weighted by molar-refractivity contribution is 5.75. The van der Waals surface area contributed by atoms with Gasteiger partial charge >= 0.3 is 0 Å². The maximum Gasteiger partial charge on any atom is 0.0364 e. The van der Waals surface area contributed by atoms with Crippen molar-refractivity contribution in [1.82, 2.24) is 0 Å². The summed E-state index contributed by atoms with van der Waals surface area (Å²) in [6, 6.07) is 15.6. The van der Waals surface area contributed by atoms with Crippen molar-refractivity contribution >= 4 is 5.69 Å². The highest BCUT2D eigenvalue weighted by Crippen LogP contribution is 2.34. The van der Waals surface area contributed by atoms with Crippen LogP contribution in [0.3, 0.4) is 0 Å². The Morgan fingerprint density at radius 2 is 1.53 bits per heavy atom. The van der Waals surface area contributed by atoms with Crippen LogP contribution in [0.1, 0.15) is 11.1 Å². The lowest BCUT2D eigenvalue weighted by Crippen LogP contribution is -2.10. The van der Waals surface area contributed by atoms with Crippen molar-refractivity contribution in [2.24, 2.45) is 0 Å². The third-order valence-corrected chi connectivity index (χ3v) is 3.58. The lowest BCUT2D eigenvalue weighted by Gasteiger charge is -2.22. The van der Waals surface area contributed by atoms with Crippen LogP contribution in [0.2, 0.25) is 0 Å². The van der Waals surface area contributed by atoms with Gasteiger partial charge in [0.2, 0.25) is 0 Å². The lowest BCUT2D eigenvalue weighted by atomic mass is 9.85. The van der Waals surface area contributed by atoms with Crippen LogP contribution in [0, 0.1) is 0 Å². The number of rotatable bonds is 1. The molecule has 17 heavy (non-hydrogen) atoms. The van der Waals surface area contributed by atoms with Crippen LogP contribution < -0.4 is 4.90 Å². The Labute approximate surface area is 103 Å². The highest BCUT2D eigenvalue weighted by Gasteiger charge is 2.15. The van der Waals surface area contributed by atoms with Gasteiger partial charge in [-0.2, -0.15) is 0 Å². The van der Waals surface area contributed by atoms with Crippen molar-refractivity contribution in [3.63, 3.8) is 0 Å². The van der Waals surface area contributed by atoms with Gasteiger partial charge in [0, 0.05) is 19.8 Å². The molecule has 0 aliphatic heterocycles.